The quantitative estimate of drug-likeness (QED) is 0.728. The van der Waals surface area contributed by atoms with Crippen molar-refractivity contribution in [3.05, 3.63) is 41.2 Å². The fourth-order valence-corrected chi connectivity index (χ4v) is 2.22. The predicted molar refractivity (Wildman–Crippen MR) is 57.4 cm³/mol. The third-order valence-electron chi connectivity index (χ3n) is 2.96. The number of aromatic nitrogens is 3. The van der Waals surface area contributed by atoms with Gasteiger partial charge in [-0.15, -0.1) is 5.10 Å². The highest BCUT2D eigenvalue weighted by Crippen LogP contribution is 2.31. The van der Waals surface area contributed by atoms with Crippen molar-refractivity contribution in [2.45, 2.75) is 18.8 Å². The van der Waals surface area contributed by atoms with Gasteiger partial charge < -0.3 is 5.73 Å². The molecule has 0 atom stereocenters. The molecule has 1 aliphatic carbocycles. The van der Waals surface area contributed by atoms with E-state index in [0.717, 1.165) is 18.7 Å². The molecule has 0 fully saturated rings. The Morgan fingerprint density at radius 1 is 1.20 bits per heavy atom. The van der Waals surface area contributed by atoms with Crippen molar-refractivity contribution in [2.24, 2.45) is 0 Å². The van der Waals surface area contributed by atoms with Crippen molar-refractivity contribution in [3.63, 3.8) is 0 Å². The van der Waals surface area contributed by atoms with Gasteiger partial charge in [0, 0.05) is 5.92 Å². The maximum absolute atomic E-state index is 5.50. The summed E-state index contributed by atoms with van der Waals surface area (Å²) in [4.78, 5) is 4.19. The van der Waals surface area contributed by atoms with Crippen molar-refractivity contribution >= 4 is 5.95 Å². The Balaban J connectivity index is 1.90. The number of nitrogens with zero attached hydrogens (tertiary/aromatic N) is 2. The maximum atomic E-state index is 5.50. The second kappa shape index (κ2) is 3.08. The van der Waals surface area contributed by atoms with Crippen molar-refractivity contribution < 1.29 is 0 Å². The van der Waals surface area contributed by atoms with Crippen LogP contribution in [0.5, 0.6) is 0 Å². The van der Waals surface area contributed by atoms with Gasteiger partial charge in [-0.05, 0) is 24.0 Å². The van der Waals surface area contributed by atoms with E-state index in [4.69, 9.17) is 5.73 Å². The Morgan fingerprint density at radius 2 is 1.87 bits per heavy atom. The lowest BCUT2D eigenvalue weighted by Crippen LogP contribution is -2.00. The van der Waals surface area contributed by atoms with E-state index in [1.54, 1.807) is 0 Å². The first-order valence-electron chi connectivity index (χ1n) is 5.07. The summed E-state index contributed by atoms with van der Waals surface area (Å²) >= 11 is 0. The van der Waals surface area contributed by atoms with Crippen LogP contribution in [0.15, 0.2) is 24.3 Å². The summed E-state index contributed by atoms with van der Waals surface area (Å²) in [6.07, 6.45) is 2.07. The number of nitrogens with one attached hydrogen (secondary N) is 1. The highest BCUT2D eigenvalue weighted by Gasteiger charge is 2.24. The molecular weight excluding hydrogens is 188 g/mol. The standard InChI is InChI=1S/C11H12N4/c12-11-13-10(14-15-11)9-5-7-3-1-2-4-8(7)6-9/h1-4,9H,5-6H2,(H3,12,13,14,15). The molecule has 0 bridgehead atoms. The number of nitrogen functional groups attached to an aromatic ring is 1. The van der Waals surface area contributed by atoms with E-state index in [-0.39, 0.29) is 0 Å². The normalized spacial score (nSPS) is 15.5. The molecule has 3 rings (SSSR count). The summed E-state index contributed by atoms with van der Waals surface area (Å²) in [6, 6.07) is 8.51. The van der Waals surface area contributed by atoms with E-state index >= 15 is 0 Å². The lowest BCUT2D eigenvalue weighted by atomic mass is 10.1. The monoisotopic (exact) mass is 200 g/mol. The molecule has 0 unspecified atom stereocenters. The fraction of sp³-hybridized carbons (Fsp3) is 0.273. The lowest BCUT2D eigenvalue weighted by molar-refractivity contribution is 0.686. The third kappa shape index (κ3) is 1.38. The second-order valence-corrected chi connectivity index (χ2v) is 3.95. The Kier molecular flexibility index (Phi) is 1.74. The highest BCUT2D eigenvalue weighted by molar-refractivity contribution is 5.35. The van der Waals surface area contributed by atoms with Crippen molar-refractivity contribution in [3.8, 4) is 0 Å². The van der Waals surface area contributed by atoms with Gasteiger partial charge in [0.25, 0.3) is 0 Å². The van der Waals surface area contributed by atoms with Gasteiger partial charge in [0.1, 0.15) is 5.82 Å². The first kappa shape index (κ1) is 8.47. The van der Waals surface area contributed by atoms with Gasteiger partial charge in [-0.2, -0.15) is 4.98 Å². The average molecular weight is 200 g/mol. The predicted octanol–water partition coefficient (Wildman–Crippen LogP) is 1.27. The van der Waals surface area contributed by atoms with Crippen LogP contribution in [0.25, 0.3) is 0 Å². The number of fused-ring (bicyclic) bond motifs is 1. The second-order valence-electron chi connectivity index (χ2n) is 3.95. The molecule has 0 saturated heterocycles. The van der Waals surface area contributed by atoms with Gasteiger partial charge in [0.05, 0.1) is 0 Å². The lowest BCUT2D eigenvalue weighted by Gasteiger charge is -2.02. The van der Waals surface area contributed by atoms with E-state index < -0.39 is 0 Å². The zero-order valence-corrected chi connectivity index (χ0v) is 8.27. The third-order valence-corrected chi connectivity index (χ3v) is 2.96. The topological polar surface area (TPSA) is 67.6 Å². The summed E-state index contributed by atoms with van der Waals surface area (Å²) in [5.74, 6) is 1.65. The van der Waals surface area contributed by atoms with E-state index in [1.807, 2.05) is 0 Å². The number of H-pyrrole nitrogens is 1. The van der Waals surface area contributed by atoms with Crippen LogP contribution in [0.4, 0.5) is 5.95 Å². The van der Waals surface area contributed by atoms with E-state index in [9.17, 15) is 0 Å². The van der Waals surface area contributed by atoms with Gasteiger partial charge in [0.2, 0.25) is 5.95 Å². The first-order valence-corrected chi connectivity index (χ1v) is 5.07. The Labute approximate surface area is 87.5 Å². The Hall–Kier alpha value is -1.84. The van der Waals surface area contributed by atoms with Gasteiger partial charge in [-0.3, -0.25) is 5.10 Å². The molecule has 0 amide bonds. The SMILES string of the molecule is Nc1n[nH]c(C2Cc3ccccc3C2)n1. The van der Waals surface area contributed by atoms with E-state index in [1.165, 1.54) is 11.1 Å². The number of aromatic amines is 1. The van der Waals surface area contributed by atoms with Gasteiger partial charge >= 0.3 is 0 Å². The zero-order valence-electron chi connectivity index (χ0n) is 8.27. The molecule has 0 aliphatic heterocycles. The van der Waals surface area contributed by atoms with Crippen LogP contribution in [0.2, 0.25) is 0 Å². The van der Waals surface area contributed by atoms with Crippen molar-refractivity contribution in [1.29, 1.82) is 0 Å². The Morgan fingerprint density at radius 3 is 2.40 bits per heavy atom. The van der Waals surface area contributed by atoms with Crippen LogP contribution in [0, 0.1) is 0 Å². The molecule has 0 saturated carbocycles. The summed E-state index contributed by atoms with van der Waals surface area (Å²) in [7, 11) is 0. The number of nitrogens with two attached hydrogens (primary N) is 1. The Bertz CT molecular complexity index is 464. The molecule has 2 aromatic rings. The summed E-state index contributed by atoms with van der Waals surface area (Å²) in [5.41, 5.74) is 8.33. The minimum absolute atomic E-state index is 0.334. The van der Waals surface area contributed by atoms with Crippen LogP contribution in [-0.2, 0) is 12.8 Å². The molecule has 76 valence electrons. The number of hydrogen-bond donors (Lipinski definition) is 2. The largest absolute Gasteiger partial charge is 0.367 e. The zero-order chi connectivity index (χ0) is 10.3. The van der Waals surface area contributed by atoms with Crippen molar-refractivity contribution in [2.75, 3.05) is 5.73 Å². The van der Waals surface area contributed by atoms with Crippen LogP contribution in [-0.4, -0.2) is 15.2 Å². The minimum atomic E-state index is 0.334. The molecule has 0 radical (unpaired) electrons. The number of rotatable bonds is 1. The number of hydrogen-bond acceptors (Lipinski definition) is 3. The molecule has 1 aliphatic rings. The van der Waals surface area contributed by atoms with Crippen LogP contribution in [0.1, 0.15) is 22.9 Å². The fourth-order valence-electron chi connectivity index (χ4n) is 2.22. The molecule has 15 heavy (non-hydrogen) atoms. The molecular formula is C11H12N4. The van der Waals surface area contributed by atoms with Crippen LogP contribution in [0.3, 0.4) is 0 Å². The molecule has 1 heterocycles. The molecule has 1 aromatic carbocycles. The molecule has 4 nitrogen and oxygen atoms in total. The summed E-state index contributed by atoms with van der Waals surface area (Å²) in [6.45, 7) is 0. The van der Waals surface area contributed by atoms with Gasteiger partial charge in [-0.1, -0.05) is 24.3 Å². The smallest absolute Gasteiger partial charge is 0.239 e. The number of anilines is 1. The maximum Gasteiger partial charge on any atom is 0.239 e. The molecule has 4 heteroatoms. The highest BCUT2D eigenvalue weighted by atomic mass is 15.3. The van der Waals surface area contributed by atoms with Gasteiger partial charge in [0.15, 0.2) is 0 Å². The summed E-state index contributed by atoms with van der Waals surface area (Å²) in [5, 5.41) is 6.76. The van der Waals surface area contributed by atoms with Crippen LogP contribution < -0.4 is 5.73 Å². The van der Waals surface area contributed by atoms with E-state index in [2.05, 4.69) is 39.4 Å². The first-order chi connectivity index (χ1) is 7.33. The number of benzene rings is 1. The van der Waals surface area contributed by atoms with E-state index in [0.29, 0.717) is 11.9 Å². The van der Waals surface area contributed by atoms with Crippen molar-refractivity contribution in [1.82, 2.24) is 15.2 Å². The summed E-state index contributed by atoms with van der Waals surface area (Å²) < 4.78 is 0. The van der Waals surface area contributed by atoms with Crippen LogP contribution >= 0.6 is 0 Å². The average Bonchev–Trinajstić information content (AvgIpc) is 2.82. The molecule has 1 aromatic heterocycles. The minimum Gasteiger partial charge on any atom is -0.367 e. The molecule has 3 N–H and O–H groups in total. The van der Waals surface area contributed by atoms with Gasteiger partial charge in [-0.25, -0.2) is 0 Å². The molecule has 0 spiro atoms.